The minimum Gasteiger partial charge on any atom is -0.507 e. The Morgan fingerprint density at radius 1 is 0.556 bits per heavy atom. The normalized spacial score (nSPS) is 11.2. The molecule has 0 aliphatic rings. The summed E-state index contributed by atoms with van der Waals surface area (Å²) >= 11 is 0. The van der Waals surface area contributed by atoms with E-state index in [-0.39, 0.29) is 28.4 Å². The van der Waals surface area contributed by atoms with Crippen LogP contribution in [0.25, 0.3) is 11.1 Å². The molecule has 4 aromatic carbocycles. The first-order valence-corrected chi connectivity index (χ1v) is 10.7. The second-order valence-electron chi connectivity index (χ2n) is 7.76. The standard InChI is InChI=1S/C27H20N4O5/c1-16(32)23-14-21(10-12-25(23)33)30-28-19-6-2-17(3-7-19)18-4-8-20(9-5-18)29-31-22-11-13-26(34)24(15-22)27(35)36/h2-15,33-34H,1H3,(H,35,36)/b30-28+,31-29+. The second kappa shape index (κ2) is 10.4. The van der Waals surface area contributed by atoms with Crippen molar-refractivity contribution in [1.29, 1.82) is 0 Å². The van der Waals surface area contributed by atoms with Crippen LogP contribution in [-0.4, -0.2) is 27.1 Å². The van der Waals surface area contributed by atoms with Crippen LogP contribution in [0.3, 0.4) is 0 Å². The topological polar surface area (TPSA) is 144 Å². The van der Waals surface area contributed by atoms with E-state index in [4.69, 9.17) is 5.11 Å². The zero-order chi connectivity index (χ0) is 25.7. The van der Waals surface area contributed by atoms with Gasteiger partial charge in [-0.3, -0.25) is 4.79 Å². The third-order valence-corrected chi connectivity index (χ3v) is 5.20. The maximum Gasteiger partial charge on any atom is 0.339 e. The number of benzene rings is 4. The lowest BCUT2D eigenvalue weighted by atomic mass is 10.1. The molecule has 0 unspecified atom stereocenters. The zero-order valence-corrected chi connectivity index (χ0v) is 19.0. The molecule has 3 N–H and O–H groups in total. The first-order chi connectivity index (χ1) is 17.3. The molecule has 0 saturated carbocycles. The highest BCUT2D eigenvalue weighted by Crippen LogP contribution is 2.29. The second-order valence-corrected chi connectivity index (χ2v) is 7.76. The minimum absolute atomic E-state index is 0.0917. The monoisotopic (exact) mass is 480 g/mol. The maximum absolute atomic E-state index is 11.6. The van der Waals surface area contributed by atoms with Crippen LogP contribution in [0.2, 0.25) is 0 Å². The molecule has 0 fully saturated rings. The fourth-order valence-electron chi connectivity index (χ4n) is 3.30. The zero-order valence-electron chi connectivity index (χ0n) is 19.0. The Morgan fingerprint density at radius 3 is 1.33 bits per heavy atom. The van der Waals surface area contributed by atoms with E-state index in [0.29, 0.717) is 22.7 Å². The Labute approximate surface area is 205 Å². The van der Waals surface area contributed by atoms with Crippen molar-refractivity contribution in [3.63, 3.8) is 0 Å². The van der Waals surface area contributed by atoms with Crippen LogP contribution in [0.5, 0.6) is 11.5 Å². The lowest BCUT2D eigenvalue weighted by molar-refractivity contribution is 0.0693. The quantitative estimate of drug-likeness (QED) is 0.185. The third-order valence-electron chi connectivity index (χ3n) is 5.20. The Balaban J connectivity index is 1.44. The number of carboxylic acid groups (broad SMARTS) is 1. The Bertz CT molecular complexity index is 1380. The van der Waals surface area contributed by atoms with Crippen molar-refractivity contribution >= 4 is 34.5 Å². The molecular formula is C27H20N4O5. The Morgan fingerprint density at radius 2 is 0.917 bits per heavy atom. The van der Waals surface area contributed by atoms with Gasteiger partial charge in [-0.2, -0.15) is 20.5 Å². The fraction of sp³-hybridized carbons (Fsp3) is 0.0370. The molecule has 4 rings (SSSR count). The van der Waals surface area contributed by atoms with Crippen molar-refractivity contribution in [2.45, 2.75) is 6.92 Å². The summed E-state index contributed by atoms with van der Waals surface area (Å²) in [7, 11) is 0. The van der Waals surface area contributed by atoms with Crippen LogP contribution in [0, 0.1) is 0 Å². The number of rotatable bonds is 7. The number of hydrogen-bond acceptors (Lipinski definition) is 8. The van der Waals surface area contributed by atoms with Gasteiger partial charge in [0.25, 0.3) is 0 Å². The number of carbonyl (C=O) groups is 2. The van der Waals surface area contributed by atoms with E-state index in [1.165, 1.54) is 37.3 Å². The van der Waals surface area contributed by atoms with E-state index < -0.39 is 5.97 Å². The van der Waals surface area contributed by atoms with Gasteiger partial charge in [0.05, 0.1) is 28.3 Å². The van der Waals surface area contributed by atoms with Crippen LogP contribution in [0.1, 0.15) is 27.6 Å². The molecule has 0 heterocycles. The molecule has 178 valence electrons. The molecule has 4 aromatic rings. The van der Waals surface area contributed by atoms with Crippen molar-refractivity contribution in [2.24, 2.45) is 20.5 Å². The van der Waals surface area contributed by atoms with Crippen LogP contribution in [0.15, 0.2) is 105 Å². The smallest absolute Gasteiger partial charge is 0.339 e. The molecule has 0 aliphatic heterocycles. The van der Waals surface area contributed by atoms with Gasteiger partial charge in [0.2, 0.25) is 0 Å². The van der Waals surface area contributed by atoms with Gasteiger partial charge in [-0.25, -0.2) is 4.79 Å². The summed E-state index contributed by atoms with van der Waals surface area (Å²) in [6.45, 7) is 1.37. The maximum atomic E-state index is 11.6. The van der Waals surface area contributed by atoms with Crippen LogP contribution < -0.4 is 0 Å². The largest absolute Gasteiger partial charge is 0.507 e. The van der Waals surface area contributed by atoms with E-state index >= 15 is 0 Å². The molecule has 0 amide bonds. The van der Waals surface area contributed by atoms with E-state index in [2.05, 4.69) is 20.5 Å². The third kappa shape index (κ3) is 5.65. The number of Topliss-reactive ketones (excluding diaryl/α,β-unsaturated/α-hetero) is 1. The van der Waals surface area contributed by atoms with E-state index in [9.17, 15) is 19.8 Å². The number of hydrogen-bond donors (Lipinski definition) is 3. The van der Waals surface area contributed by atoms with Gasteiger partial charge in [0.15, 0.2) is 5.78 Å². The van der Waals surface area contributed by atoms with Crippen molar-refractivity contribution in [1.82, 2.24) is 0 Å². The highest BCUT2D eigenvalue weighted by atomic mass is 16.4. The lowest BCUT2D eigenvalue weighted by Crippen LogP contribution is -1.95. The number of carboxylic acids is 1. The minimum atomic E-state index is -1.25. The highest BCUT2D eigenvalue weighted by molar-refractivity contribution is 5.97. The summed E-state index contributed by atoms with van der Waals surface area (Å²) in [5, 5.41) is 44.9. The summed E-state index contributed by atoms with van der Waals surface area (Å²) in [6.07, 6.45) is 0. The fourth-order valence-corrected chi connectivity index (χ4v) is 3.30. The molecule has 0 saturated heterocycles. The molecule has 0 bridgehead atoms. The molecule has 9 heteroatoms. The number of ketones is 1. The first kappa shape index (κ1) is 24.0. The average Bonchev–Trinajstić information content (AvgIpc) is 2.88. The molecular weight excluding hydrogens is 460 g/mol. The highest BCUT2D eigenvalue weighted by Gasteiger charge is 2.10. The molecule has 0 spiro atoms. The van der Waals surface area contributed by atoms with Crippen molar-refractivity contribution in [3.05, 3.63) is 96.1 Å². The predicted octanol–water partition coefficient (Wildman–Crippen LogP) is 7.50. The van der Waals surface area contributed by atoms with E-state index in [1.807, 2.05) is 36.4 Å². The van der Waals surface area contributed by atoms with E-state index in [0.717, 1.165) is 11.1 Å². The summed E-state index contributed by atoms with van der Waals surface area (Å²) in [5.74, 6) is -1.93. The van der Waals surface area contributed by atoms with Crippen LogP contribution in [0.4, 0.5) is 22.7 Å². The number of aromatic carboxylic acids is 1. The molecule has 36 heavy (non-hydrogen) atoms. The summed E-state index contributed by atoms with van der Waals surface area (Å²) in [4.78, 5) is 22.7. The van der Waals surface area contributed by atoms with Crippen molar-refractivity contribution in [2.75, 3.05) is 0 Å². The van der Waals surface area contributed by atoms with Gasteiger partial charge in [-0.1, -0.05) is 24.3 Å². The van der Waals surface area contributed by atoms with Gasteiger partial charge in [-0.15, -0.1) is 0 Å². The molecule has 0 radical (unpaired) electrons. The van der Waals surface area contributed by atoms with Crippen molar-refractivity contribution < 1.29 is 24.9 Å². The molecule has 0 atom stereocenters. The SMILES string of the molecule is CC(=O)c1cc(/N=N/c2ccc(-c3ccc(/N=N/c4ccc(O)c(C(=O)O)c4)cc3)cc2)ccc1O. The van der Waals surface area contributed by atoms with Crippen LogP contribution >= 0.6 is 0 Å². The Kier molecular flexibility index (Phi) is 6.92. The average molecular weight is 480 g/mol. The Hall–Kier alpha value is -5.18. The lowest BCUT2D eigenvalue weighted by Gasteiger charge is -2.03. The van der Waals surface area contributed by atoms with Gasteiger partial charge in [-0.05, 0) is 78.7 Å². The number of azo groups is 2. The number of phenols is 2. The van der Waals surface area contributed by atoms with Gasteiger partial charge < -0.3 is 15.3 Å². The number of nitrogens with zero attached hydrogens (tertiary/aromatic N) is 4. The summed E-state index contributed by atoms with van der Waals surface area (Å²) < 4.78 is 0. The number of phenolic OH excluding ortho intramolecular Hbond substituents is 1. The summed E-state index contributed by atoms with van der Waals surface area (Å²) in [5.41, 5.74) is 3.81. The van der Waals surface area contributed by atoms with Gasteiger partial charge in [0.1, 0.15) is 17.1 Å². The van der Waals surface area contributed by atoms with E-state index in [1.54, 1.807) is 18.2 Å². The molecule has 9 nitrogen and oxygen atoms in total. The molecule has 0 aliphatic carbocycles. The van der Waals surface area contributed by atoms with Gasteiger partial charge in [0, 0.05) is 0 Å². The predicted molar refractivity (Wildman–Crippen MR) is 133 cm³/mol. The number of aromatic hydroxyl groups is 2. The van der Waals surface area contributed by atoms with Crippen molar-refractivity contribution in [3.8, 4) is 22.6 Å². The van der Waals surface area contributed by atoms with Crippen LogP contribution in [-0.2, 0) is 0 Å². The summed E-state index contributed by atoms with van der Waals surface area (Å²) in [6, 6.07) is 23.2. The number of carbonyl (C=O) groups excluding carboxylic acids is 1. The first-order valence-electron chi connectivity index (χ1n) is 10.7. The molecule has 0 aromatic heterocycles. The van der Waals surface area contributed by atoms with Gasteiger partial charge >= 0.3 is 5.97 Å².